The first kappa shape index (κ1) is 11.4. The fraction of sp³-hybridized carbons (Fsp3) is 0.500. The zero-order chi connectivity index (χ0) is 11.7. The van der Waals surface area contributed by atoms with Crippen molar-refractivity contribution in [1.29, 1.82) is 0 Å². The van der Waals surface area contributed by atoms with Gasteiger partial charge in [0.2, 0.25) is 0 Å². The van der Waals surface area contributed by atoms with Crippen molar-refractivity contribution in [3.05, 3.63) is 29.6 Å². The van der Waals surface area contributed by atoms with Crippen molar-refractivity contribution in [3.8, 4) is 0 Å². The summed E-state index contributed by atoms with van der Waals surface area (Å²) in [7, 11) is 0. The van der Waals surface area contributed by atoms with Gasteiger partial charge in [-0.05, 0) is 37.1 Å². The van der Waals surface area contributed by atoms with Crippen molar-refractivity contribution in [2.75, 3.05) is 18.0 Å². The largest absolute Gasteiger partial charge is 0.391 e. The lowest BCUT2D eigenvalue weighted by molar-refractivity contribution is 0.198. The molecule has 4 heteroatoms. The number of aliphatic hydroxyl groups is 1. The molecule has 1 fully saturated rings. The molecule has 3 N–H and O–H groups in total. The van der Waals surface area contributed by atoms with E-state index in [1.54, 1.807) is 6.07 Å². The van der Waals surface area contributed by atoms with E-state index in [9.17, 15) is 9.50 Å². The SMILES string of the molecule is C[C@@H](N)c1cc(F)ccc1N1CCC(O)C1. The molecule has 0 aromatic heterocycles. The molecule has 2 rings (SSSR count). The van der Waals surface area contributed by atoms with E-state index >= 15 is 0 Å². The van der Waals surface area contributed by atoms with Gasteiger partial charge < -0.3 is 15.7 Å². The molecular weight excluding hydrogens is 207 g/mol. The van der Waals surface area contributed by atoms with Crippen LogP contribution in [0, 0.1) is 5.82 Å². The van der Waals surface area contributed by atoms with E-state index in [-0.39, 0.29) is 18.0 Å². The molecule has 1 aromatic rings. The first-order valence-corrected chi connectivity index (χ1v) is 5.56. The summed E-state index contributed by atoms with van der Waals surface area (Å²) in [4.78, 5) is 2.06. The van der Waals surface area contributed by atoms with Gasteiger partial charge in [-0.3, -0.25) is 0 Å². The Morgan fingerprint density at radius 2 is 2.31 bits per heavy atom. The number of aliphatic hydroxyl groups excluding tert-OH is 1. The van der Waals surface area contributed by atoms with Crippen LogP contribution in [-0.2, 0) is 0 Å². The molecule has 88 valence electrons. The fourth-order valence-electron chi connectivity index (χ4n) is 2.14. The van der Waals surface area contributed by atoms with Crippen molar-refractivity contribution >= 4 is 5.69 Å². The highest BCUT2D eigenvalue weighted by molar-refractivity contribution is 5.55. The highest BCUT2D eigenvalue weighted by Crippen LogP contribution is 2.28. The van der Waals surface area contributed by atoms with Gasteiger partial charge in [0.05, 0.1) is 6.10 Å². The molecule has 1 aliphatic heterocycles. The Morgan fingerprint density at radius 3 is 2.88 bits per heavy atom. The molecule has 0 amide bonds. The van der Waals surface area contributed by atoms with E-state index in [0.29, 0.717) is 6.54 Å². The molecule has 0 bridgehead atoms. The second-order valence-electron chi connectivity index (χ2n) is 4.38. The Bertz CT molecular complexity index is 381. The minimum Gasteiger partial charge on any atom is -0.391 e. The van der Waals surface area contributed by atoms with Crippen LogP contribution < -0.4 is 10.6 Å². The number of β-amino-alcohol motifs (C(OH)–C–C–N with tert-alkyl or cyclic N) is 1. The monoisotopic (exact) mass is 224 g/mol. The highest BCUT2D eigenvalue weighted by atomic mass is 19.1. The third-order valence-electron chi connectivity index (χ3n) is 2.98. The molecule has 3 nitrogen and oxygen atoms in total. The zero-order valence-corrected chi connectivity index (χ0v) is 9.36. The standard InChI is InChI=1S/C12H17FN2O/c1-8(14)11-6-9(13)2-3-12(11)15-5-4-10(16)7-15/h2-3,6,8,10,16H,4-5,7,14H2,1H3/t8-,10?/m1/s1. The molecule has 0 spiro atoms. The van der Waals surface area contributed by atoms with Gasteiger partial charge in [0.15, 0.2) is 0 Å². The van der Waals surface area contributed by atoms with Gasteiger partial charge >= 0.3 is 0 Å². The molecule has 1 aliphatic rings. The maximum atomic E-state index is 13.1. The number of nitrogens with two attached hydrogens (primary N) is 1. The first-order valence-electron chi connectivity index (χ1n) is 5.56. The molecule has 16 heavy (non-hydrogen) atoms. The van der Waals surface area contributed by atoms with E-state index in [2.05, 4.69) is 4.90 Å². The van der Waals surface area contributed by atoms with Crippen LogP contribution in [0.25, 0.3) is 0 Å². The van der Waals surface area contributed by atoms with Crippen LogP contribution in [-0.4, -0.2) is 24.3 Å². The number of hydrogen-bond acceptors (Lipinski definition) is 3. The molecule has 1 unspecified atom stereocenters. The summed E-state index contributed by atoms with van der Waals surface area (Å²) in [5, 5.41) is 9.50. The van der Waals surface area contributed by atoms with Crippen molar-refractivity contribution in [1.82, 2.24) is 0 Å². The van der Waals surface area contributed by atoms with Gasteiger partial charge in [0.1, 0.15) is 5.82 Å². The van der Waals surface area contributed by atoms with Gasteiger partial charge in [-0.2, -0.15) is 0 Å². The molecule has 2 atom stereocenters. The summed E-state index contributed by atoms with van der Waals surface area (Å²) in [6, 6.07) is 4.45. The van der Waals surface area contributed by atoms with E-state index < -0.39 is 0 Å². The number of nitrogens with zero attached hydrogens (tertiary/aromatic N) is 1. The lowest BCUT2D eigenvalue weighted by Gasteiger charge is -2.23. The van der Waals surface area contributed by atoms with Crippen molar-refractivity contribution < 1.29 is 9.50 Å². The van der Waals surface area contributed by atoms with Crippen LogP contribution in [0.3, 0.4) is 0 Å². The van der Waals surface area contributed by atoms with Crippen LogP contribution in [0.5, 0.6) is 0 Å². The summed E-state index contributed by atoms with van der Waals surface area (Å²) in [5.74, 6) is -0.268. The number of hydrogen-bond donors (Lipinski definition) is 2. The van der Waals surface area contributed by atoms with Gasteiger partial charge in [-0.25, -0.2) is 4.39 Å². The average molecular weight is 224 g/mol. The van der Waals surface area contributed by atoms with Crippen molar-refractivity contribution in [3.63, 3.8) is 0 Å². The van der Waals surface area contributed by atoms with Crippen molar-refractivity contribution in [2.24, 2.45) is 5.73 Å². The minimum absolute atomic E-state index is 0.205. The van der Waals surface area contributed by atoms with E-state index in [1.807, 2.05) is 6.92 Å². The predicted molar refractivity (Wildman–Crippen MR) is 61.8 cm³/mol. The summed E-state index contributed by atoms with van der Waals surface area (Å²) in [6.45, 7) is 3.24. The normalized spacial score (nSPS) is 22.5. The lowest BCUT2D eigenvalue weighted by atomic mass is 10.1. The summed E-state index contributed by atoms with van der Waals surface area (Å²) >= 11 is 0. The summed E-state index contributed by atoms with van der Waals surface area (Å²) in [5.41, 5.74) is 7.57. The van der Waals surface area contributed by atoms with E-state index in [1.165, 1.54) is 12.1 Å². The smallest absolute Gasteiger partial charge is 0.123 e. The van der Waals surface area contributed by atoms with Gasteiger partial charge in [0.25, 0.3) is 0 Å². The topological polar surface area (TPSA) is 49.5 Å². The second kappa shape index (κ2) is 4.39. The Balaban J connectivity index is 2.32. The maximum absolute atomic E-state index is 13.1. The highest BCUT2D eigenvalue weighted by Gasteiger charge is 2.23. The van der Waals surface area contributed by atoms with Gasteiger partial charge in [0, 0.05) is 24.8 Å². The van der Waals surface area contributed by atoms with Crippen LogP contribution in [0.2, 0.25) is 0 Å². The van der Waals surface area contributed by atoms with E-state index in [0.717, 1.165) is 24.2 Å². The molecule has 0 saturated carbocycles. The predicted octanol–water partition coefficient (Wildman–Crippen LogP) is 1.42. The van der Waals surface area contributed by atoms with Crippen LogP contribution >= 0.6 is 0 Å². The molecule has 1 heterocycles. The van der Waals surface area contributed by atoms with Gasteiger partial charge in [-0.1, -0.05) is 0 Å². The molecule has 0 aliphatic carbocycles. The minimum atomic E-state index is -0.286. The summed E-state index contributed by atoms with van der Waals surface area (Å²) in [6.07, 6.45) is 0.474. The fourth-order valence-corrected chi connectivity index (χ4v) is 2.14. The third kappa shape index (κ3) is 2.18. The van der Waals surface area contributed by atoms with Crippen LogP contribution in [0.15, 0.2) is 18.2 Å². The Hall–Kier alpha value is -1.13. The van der Waals surface area contributed by atoms with Gasteiger partial charge in [-0.15, -0.1) is 0 Å². The number of anilines is 1. The molecule has 1 aromatic carbocycles. The van der Waals surface area contributed by atoms with Crippen molar-refractivity contribution in [2.45, 2.75) is 25.5 Å². The Kier molecular flexibility index (Phi) is 3.12. The van der Waals surface area contributed by atoms with Crippen LogP contribution in [0.4, 0.5) is 10.1 Å². The van der Waals surface area contributed by atoms with E-state index in [4.69, 9.17) is 5.73 Å². The summed E-state index contributed by atoms with van der Waals surface area (Å²) < 4.78 is 13.1. The lowest BCUT2D eigenvalue weighted by Crippen LogP contribution is -2.24. The number of benzene rings is 1. The second-order valence-corrected chi connectivity index (χ2v) is 4.38. The first-order chi connectivity index (χ1) is 7.58. The molecular formula is C12H17FN2O. The molecule has 0 radical (unpaired) electrons. The third-order valence-corrected chi connectivity index (χ3v) is 2.98. The Labute approximate surface area is 94.7 Å². The maximum Gasteiger partial charge on any atom is 0.123 e. The zero-order valence-electron chi connectivity index (χ0n) is 9.36. The number of halogens is 1. The quantitative estimate of drug-likeness (QED) is 0.798. The number of rotatable bonds is 2. The molecule has 1 saturated heterocycles. The van der Waals surface area contributed by atoms with Crippen LogP contribution in [0.1, 0.15) is 24.9 Å². The average Bonchev–Trinajstić information content (AvgIpc) is 2.64. The Morgan fingerprint density at radius 1 is 1.56 bits per heavy atom.